The molecule has 1 saturated heterocycles. The molecule has 0 aromatic heterocycles. The first-order valence-corrected chi connectivity index (χ1v) is 8.52. The zero-order valence-electron chi connectivity index (χ0n) is 12.3. The zero-order valence-corrected chi connectivity index (χ0v) is 13.1. The molecule has 2 N–H and O–H groups in total. The summed E-state index contributed by atoms with van der Waals surface area (Å²) >= 11 is 0. The van der Waals surface area contributed by atoms with Gasteiger partial charge >= 0.3 is 0 Å². The van der Waals surface area contributed by atoms with Crippen LogP contribution in [0.1, 0.15) is 19.8 Å². The van der Waals surface area contributed by atoms with Gasteiger partial charge in [0.15, 0.2) is 0 Å². The van der Waals surface area contributed by atoms with Crippen molar-refractivity contribution in [2.75, 3.05) is 25.0 Å². The molecule has 7 nitrogen and oxygen atoms in total. The van der Waals surface area contributed by atoms with Crippen LogP contribution in [-0.2, 0) is 19.6 Å². The van der Waals surface area contributed by atoms with Gasteiger partial charge < -0.3 is 10.2 Å². The number of likely N-dealkylation sites (tertiary alicyclic amines) is 1. The van der Waals surface area contributed by atoms with Gasteiger partial charge in [-0.25, -0.2) is 13.1 Å². The van der Waals surface area contributed by atoms with Gasteiger partial charge in [-0.15, -0.1) is 0 Å². The Morgan fingerprint density at radius 3 is 2.27 bits per heavy atom. The maximum absolute atomic E-state index is 12.1. The Balaban J connectivity index is 1.97. The van der Waals surface area contributed by atoms with Crippen LogP contribution in [0.5, 0.6) is 0 Å². The molecular weight excluding hydrogens is 306 g/mol. The Morgan fingerprint density at radius 2 is 1.73 bits per heavy atom. The number of rotatable bonds is 5. The van der Waals surface area contributed by atoms with Crippen molar-refractivity contribution in [2.45, 2.75) is 24.7 Å². The van der Waals surface area contributed by atoms with Gasteiger partial charge in [0, 0.05) is 25.7 Å². The van der Waals surface area contributed by atoms with Crippen LogP contribution in [-0.4, -0.2) is 44.8 Å². The van der Waals surface area contributed by atoms with Crippen molar-refractivity contribution < 1.29 is 18.0 Å². The third-order valence-electron chi connectivity index (χ3n) is 3.36. The normalized spacial score (nSPS) is 14.9. The lowest BCUT2D eigenvalue weighted by Gasteiger charge is -2.15. The largest absolute Gasteiger partial charge is 0.342 e. The minimum Gasteiger partial charge on any atom is -0.342 e. The van der Waals surface area contributed by atoms with Gasteiger partial charge in [-0.1, -0.05) is 0 Å². The van der Waals surface area contributed by atoms with Crippen molar-refractivity contribution in [2.24, 2.45) is 0 Å². The monoisotopic (exact) mass is 325 g/mol. The standard InChI is InChI=1S/C14H19N3O4S/c1-11(18)16-12-4-6-13(7-5-12)22(20,21)15-10-14(19)17-8-2-3-9-17/h4-7,15H,2-3,8-10H2,1H3,(H,16,18). The molecule has 1 aromatic carbocycles. The molecule has 0 spiro atoms. The number of hydrogen-bond donors (Lipinski definition) is 2. The molecule has 22 heavy (non-hydrogen) atoms. The molecule has 1 aromatic rings. The molecule has 2 amide bonds. The summed E-state index contributed by atoms with van der Waals surface area (Å²) in [5, 5.41) is 2.56. The fraction of sp³-hybridized carbons (Fsp3) is 0.429. The van der Waals surface area contributed by atoms with E-state index < -0.39 is 10.0 Å². The van der Waals surface area contributed by atoms with Gasteiger partial charge in [0.1, 0.15) is 0 Å². The summed E-state index contributed by atoms with van der Waals surface area (Å²) in [5.74, 6) is -0.444. The summed E-state index contributed by atoms with van der Waals surface area (Å²) < 4.78 is 26.5. The second-order valence-corrected chi connectivity index (χ2v) is 6.88. The van der Waals surface area contributed by atoms with Crippen LogP contribution in [0.25, 0.3) is 0 Å². The Morgan fingerprint density at radius 1 is 1.14 bits per heavy atom. The molecule has 0 atom stereocenters. The van der Waals surface area contributed by atoms with E-state index in [2.05, 4.69) is 10.0 Å². The van der Waals surface area contributed by atoms with Gasteiger partial charge in [0.2, 0.25) is 21.8 Å². The summed E-state index contributed by atoms with van der Waals surface area (Å²) in [6, 6.07) is 5.76. The van der Waals surface area contributed by atoms with E-state index in [1.165, 1.54) is 31.2 Å². The second-order valence-electron chi connectivity index (χ2n) is 5.12. The number of carbonyl (C=O) groups is 2. The molecule has 0 bridgehead atoms. The number of nitrogens with zero attached hydrogens (tertiary/aromatic N) is 1. The van der Waals surface area contributed by atoms with Crippen molar-refractivity contribution >= 4 is 27.5 Å². The van der Waals surface area contributed by atoms with Crippen molar-refractivity contribution in [3.63, 3.8) is 0 Å². The summed E-state index contributed by atoms with van der Waals surface area (Å²) in [6.45, 7) is 2.50. The lowest BCUT2D eigenvalue weighted by atomic mass is 10.3. The highest BCUT2D eigenvalue weighted by Gasteiger charge is 2.21. The van der Waals surface area contributed by atoms with Crippen LogP contribution >= 0.6 is 0 Å². The fourth-order valence-electron chi connectivity index (χ4n) is 2.24. The van der Waals surface area contributed by atoms with E-state index in [9.17, 15) is 18.0 Å². The summed E-state index contributed by atoms with van der Waals surface area (Å²) in [7, 11) is -3.74. The van der Waals surface area contributed by atoms with E-state index in [1.807, 2.05) is 0 Å². The van der Waals surface area contributed by atoms with Crippen molar-refractivity contribution in [1.82, 2.24) is 9.62 Å². The quantitative estimate of drug-likeness (QED) is 0.826. The molecule has 0 unspecified atom stereocenters. The highest BCUT2D eigenvalue weighted by atomic mass is 32.2. The molecule has 0 aliphatic carbocycles. The second kappa shape index (κ2) is 6.89. The van der Waals surface area contributed by atoms with Gasteiger partial charge in [-0.3, -0.25) is 9.59 Å². The van der Waals surface area contributed by atoms with Crippen LogP contribution in [0, 0.1) is 0 Å². The Kier molecular flexibility index (Phi) is 5.15. The van der Waals surface area contributed by atoms with Gasteiger partial charge in [-0.05, 0) is 37.1 Å². The molecule has 0 saturated carbocycles. The van der Waals surface area contributed by atoms with E-state index >= 15 is 0 Å². The minimum absolute atomic E-state index is 0.0517. The Labute approximate surface area is 129 Å². The molecule has 2 rings (SSSR count). The smallest absolute Gasteiger partial charge is 0.241 e. The molecule has 0 radical (unpaired) electrons. The van der Waals surface area contributed by atoms with Gasteiger partial charge in [0.05, 0.1) is 11.4 Å². The number of nitrogens with one attached hydrogen (secondary N) is 2. The molecule has 120 valence electrons. The van der Waals surface area contributed by atoms with Crippen molar-refractivity contribution in [3.05, 3.63) is 24.3 Å². The van der Waals surface area contributed by atoms with Crippen LogP contribution < -0.4 is 10.0 Å². The van der Waals surface area contributed by atoms with E-state index in [1.54, 1.807) is 4.90 Å². The number of sulfonamides is 1. The third-order valence-corrected chi connectivity index (χ3v) is 4.77. The topological polar surface area (TPSA) is 95.6 Å². The molecule has 1 aliphatic heterocycles. The SMILES string of the molecule is CC(=O)Nc1ccc(S(=O)(=O)NCC(=O)N2CCCC2)cc1. The van der Waals surface area contributed by atoms with E-state index in [-0.39, 0.29) is 23.3 Å². The van der Waals surface area contributed by atoms with Crippen molar-refractivity contribution in [3.8, 4) is 0 Å². The number of hydrogen-bond acceptors (Lipinski definition) is 4. The molecule has 1 heterocycles. The maximum atomic E-state index is 12.1. The zero-order chi connectivity index (χ0) is 16.2. The Bertz CT molecular complexity index is 649. The fourth-order valence-corrected chi connectivity index (χ4v) is 3.21. The van der Waals surface area contributed by atoms with Crippen LogP contribution in [0.4, 0.5) is 5.69 Å². The molecule has 1 aliphatic rings. The summed E-state index contributed by atoms with van der Waals surface area (Å²) in [6.07, 6.45) is 1.92. The highest BCUT2D eigenvalue weighted by molar-refractivity contribution is 7.89. The molecular formula is C14H19N3O4S. The summed E-state index contributed by atoms with van der Waals surface area (Å²) in [5.41, 5.74) is 0.514. The minimum atomic E-state index is -3.74. The first kappa shape index (κ1) is 16.4. The average molecular weight is 325 g/mol. The Hall–Kier alpha value is -1.93. The first-order valence-electron chi connectivity index (χ1n) is 7.03. The van der Waals surface area contributed by atoms with Crippen LogP contribution in [0.15, 0.2) is 29.2 Å². The van der Waals surface area contributed by atoms with Gasteiger partial charge in [0.25, 0.3) is 0 Å². The third kappa shape index (κ3) is 4.28. The lowest BCUT2D eigenvalue weighted by Crippen LogP contribution is -2.38. The average Bonchev–Trinajstić information content (AvgIpc) is 2.99. The molecule has 1 fully saturated rings. The van der Waals surface area contributed by atoms with Crippen LogP contribution in [0.3, 0.4) is 0 Å². The lowest BCUT2D eigenvalue weighted by molar-refractivity contribution is -0.128. The highest BCUT2D eigenvalue weighted by Crippen LogP contribution is 2.14. The predicted octanol–water partition coefficient (Wildman–Crippen LogP) is 0.546. The first-order chi connectivity index (χ1) is 10.4. The van der Waals surface area contributed by atoms with Crippen molar-refractivity contribution in [1.29, 1.82) is 0 Å². The number of anilines is 1. The number of carbonyl (C=O) groups excluding carboxylic acids is 2. The number of benzene rings is 1. The molecule has 8 heteroatoms. The van der Waals surface area contributed by atoms with Gasteiger partial charge in [-0.2, -0.15) is 0 Å². The van der Waals surface area contributed by atoms with Crippen LogP contribution in [0.2, 0.25) is 0 Å². The van der Waals surface area contributed by atoms with E-state index in [0.717, 1.165) is 12.8 Å². The van der Waals surface area contributed by atoms with E-state index in [0.29, 0.717) is 18.8 Å². The predicted molar refractivity (Wildman–Crippen MR) is 81.7 cm³/mol. The maximum Gasteiger partial charge on any atom is 0.241 e. The van der Waals surface area contributed by atoms with E-state index in [4.69, 9.17) is 0 Å². The number of amides is 2. The summed E-state index contributed by atoms with van der Waals surface area (Å²) in [4.78, 5) is 24.5.